The van der Waals surface area contributed by atoms with Crippen LogP contribution in [-0.2, 0) is 13.0 Å². The van der Waals surface area contributed by atoms with E-state index in [1.54, 1.807) is 33.6 Å². The minimum absolute atomic E-state index is 0.430. The third-order valence-corrected chi connectivity index (χ3v) is 4.03. The quantitative estimate of drug-likeness (QED) is 0.921. The molecular formula is C18H22N4O3. The molecule has 1 aromatic heterocycles. The molecule has 1 N–H and O–H groups in total. The van der Waals surface area contributed by atoms with Gasteiger partial charge in [-0.3, -0.25) is 4.98 Å². The minimum atomic E-state index is -0.430. The Labute approximate surface area is 147 Å². The molecule has 0 radical (unpaired) electrons. The molecule has 7 heteroatoms. The third kappa shape index (κ3) is 4.00. The van der Waals surface area contributed by atoms with Crippen LogP contribution in [0.5, 0.6) is 11.5 Å². The van der Waals surface area contributed by atoms with Crippen molar-refractivity contribution in [2.75, 3.05) is 33.2 Å². The second-order valence-electron chi connectivity index (χ2n) is 6.05. The lowest BCUT2D eigenvalue weighted by atomic mass is 10.00. The molecular weight excluding hydrogens is 320 g/mol. The fraction of sp³-hybridized carbons (Fsp3) is 0.333. The number of carbonyl (C=O) groups is 1. The van der Waals surface area contributed by atoms with E-state index in [4.69, 9.17) is 9.47 Å². The summed E-state index contributed by atoms with van der Waals surface area (Å²) in [4.78, 5) is 17.3. The number of nitrogens with one attached hydrogen (secondary N) is 1. The van der Waals surface area contributed by atoms with E-state index in [2.05, 4.69) is 15.4 Å². The molecule has 0 fully saturated rings. The van der Waals surface area contributed by atoms with Crippen LogP contribution in [0, 0.1) is 0 Å². The fourth-order valence-corrected chi connectivity index (χ4v) is 2.69. The highest BCUT2D eigenvalue weighted by Gasteiger charge is 2.21. The Morgan fingerprint density at radius 1 is 1.20 bits per heavy atom. The van der Waals surface area contributed by atoms with E-state index in [9.17, 15) is 4.79 Å². The number of benzene rings is 1. The van der Waals surface area contributed by atoms with Crippen molar-refractivity contribution in [1.82, 2.24) is 14.9 Å². The number of rotatable bonds is 4. The Morgan fingerprint density at radius 2 is 1.92 bits per heavy atom. The molecule has 0 bridgehead atoms. The first-order valence-electron chi connectivity index (χ1n) is 8.07. The second kappa shape index (κ2) is 7.40. The Kier molecular flexibility index (Phi) is 5.04. The minimum Gasteiger partial charge on any atom is -0.493 e. The van der Waals surface area contributed by atoms with Crippen molar-refractivity contribution < 1.29 is 14.3 Å². The van der Waals surface area contributed by atoms with Gasteiger partial charge in [0.2, 0.25) is 0 Å². The monoisotopic (exact) mass is 342 g/mol. The molecule has 1 aliphatic rings. The van der Waals surface area contributed by atoms with Crippen LogP contribution in [0.15, 0.2) is 36.7 Å². The Hall–Kier alpha value is -2.80. The first kappa shape index (κ1) is 17.0. The van der Waals surface area contributed by atoms with Gasteiger partial charge < -0.3 is 19.8 Å². The van der Waals surface area contributed by atoms with Crippen molar-refractivity contribution in [3.8, 4) is 11.5 Å². The molecule has 0 unspecified atom stereocenters. The zero-order chi connectivity index (χ0) is 17.8. The molecule has 0 saturated heterocycles. The lowest BCUT2D eigenvalue weighted by Gasteiger charge is -2.30. The summed E-state index contributed by atoms with van der Waals surface area (Å²) < 4.78 is 10.8. The number of methoxy groups -OCH3 is 1. The zero-order valence-corrected chi connectivity index (χ0v) is 14.7. The van der Waals surface area contributed by atoms with E-state index < -0.39 is 6.09 Å². The Morgan fingerprint density at radius 3 is 2.60 bits per heavy atom. The van der Waals surface area contributed by atoms with Crippen molar-refractivity contribution in [2.45, 2.75) is 13.0 Å². The van der Waals surface area contributed by atoms with Gasteiger partial charge in [-0.15, -0.1) is 0 Å². The molecule has 2 aromatic rings. The summed E-state index contributed by atoms with van der Waals surface area (Å²) in [5.41, 5.74) is 6.68. The van der Waals surface area contributed by atoms with Gasteiger partial charge in [0.15, 0.2) is 11.5 Å². The third-order valence-electron chi connectivity index (χ3n) is 4.03. The van der Waals surface area contributed by atoms with Crippen molar-refractivity contribution >= 4 is 11.8 Å². The van der Waals surface area contributed by atoms with Crippen LogP contribution in [-0.4, -0.2) is 48.7 Å². The highest BCUT2D eigenvalue weighted by molar-refractivity contribution is 5.71. The molecule has 132 valence electrons. The summed E-state index contributed by atoms with van der Waals surface area (Å²) in [5.74, 6) is 1.01. The number of hydrazine groups is 1. The van der Waals surface area contributed by atoms with Gasteiger partial charge in [0.25, 0.3) is 0 Å². The van der Waals surface area contributed by atoms with E-state index >= 15 is 0 Å². The lowest BCUT2D eigenvalue weighted by Crippen LogP contribution is -2.35. The van der Waals surface area contributed by atoms with Gasteiger partial charge in [-0.2, -0.15) is 0 Å². The van der Waals surface area contributed by atoms with Gasteiger partial charge in [-0.05, 0) is 41.8 Å². The van der Waals surface area contributed by atoms with Crippen LogP contribution in [0.2, 0.25) is 0 Å². The van der Waals surface area contributed by atoms with E-state index in [1.807, 2.05) is 24.3 Å². The summed E-state index contributed by atoms with van der Waals surface area (Å²) in [6, 6.07) is 7.69. The second-order valence-corrected chi connectivity index (χ2v) is 6.05. The molecule has 1 amide bonds. The summed E-state index contributed by atoms with van der Waals surface area (Å²) in [5, 5.41) is 2.13. The molecule has 1 aliphatic heterocycles. The normalized spacial score (nSPS) is 13.7. The van der Waals surface area contributed by atoms with Crippen molar-refractivity contribution in [2.24, 2.45) is 0 Å². The maximum atomic E-state index is 11.9. The number of fused-ring (bicyclic) bond motifs is 1. The standard InChI is InChI=1S/C18H22N4O3/c1-21(2)18(23)25-17-11-14-12-22(20-15-4-7-19-8-5-15)9-6-13(14)10-16(17)24-3/h4-5,7-8,10-11H,6,9,12H2,1-3H3,(H,19,20). The maximum absolute atomic E-state index is 11.9. The van der Waals surface area contributed by atoms with Crippen LogP contribution in [0.25, 0.3) is 0 Å². The first-order chi connectivity index (χ1) is 12.1. The van der Waals surface area contributed by atoms with E-state index in [1.165, 1.54) is 10.5 Å². The molecule has 0 spiro atoms. The summed E-state index contributed by atoms with van der Waals surface area (Å²) in [7, 11) is 4.87. The Balaban J connectivity index is 1.79. The topological polar surface area (TPSA) is 66.9 Å². The highest BCUT2D eigenvalue weighted by Crippen LogP contribution is 2.33. The van der Waals surface area contributed by atoms with E-state index in [-0.39, 0.29) is 0 Å². The van der Waals surface area contributed by atoms with Crippen LogP contribution in [0.3, 0.4) is 0 Å². The predicted octanol–water partition coefficient (Wildman–Crippen LogP) is 2.54. The number of amides is 1. The number of hydrogen-bond donors (Lipinski definition) is 1. The smallest absolute Gasteiger partial charge is 0.414 e. The van der Waals surface area contributed by atoms with Gasteiger partial charge in [-0.1, -0.05) is 0 Å². The number of pyridine rings is 1. The number of anilines is 1. The SMILES string of the molecule is COc1cc2c(cc1OC(=O)N(C)C)CN(Nc1ccncc1)CC2. The van der Waals surface area contributed by atoms with Crippen molar-refractivity contribution in [1.29, 1.82) is 0 Å². The van der Waals surface area contributed by atoms with Gasteiger partial charge in [0.1, 0.15) is 0 Å². The Bertz CT molecular complexity index is 749. The highest BCUT2D eigenvalue weighted by atomic mass is 16.6. The molecule has 7 nitrogen and oxygen atoms in total. The van der Waals surface area contributed by atoms with Crippen LogP contribution in [0.4, 0.5) is 10.5 Å². The van der Waals surface area contributed by atoms with Crippen LogP contribution >= 0.6 is 0 Å². The van der Waals surface area contributed by atoms with Crippen molar-refractivity contribution in [3.05, 3.63) is 47.8 Å². The summed E-state index contributed by atoms with van der Waals surface area (Å²) >= 11 is 0. The lowest BCUT2D eigenvalue weighted by molar-refractivity contribution is 0.170. The maximum Gasteiger partial charge on any atom is 0.414 e. The number of nitrogens with zero attached hydrogens (tertiary/aromatic N) is 3. The molecule has 0 aliphatic carbocycles. The largest absolute Gasteiger partial charge is 0.493 e. The fourth-order valence-electron chi connectivity index (χ4n) is 2.69. The molecule has 3 rings (SSSR count). The van der Waals surface area contributed by atoms with Gasteiger partial charge in [0.05, 0.1) is 12.8 Å². The molecule has 0 saturated carbocycles. The molecule has 1 aromatic carbocycles. The first-order valence-corrected chi connectivity index (χ1v) is 8.07. The van der Waals surface area contributed by atoms with Crippen LogP contribution < -0.4 is 14.9 Å². The average molecular weight is 342 g/mol. The summed E-state index contributed by atoms with van der Waals surface area (Å²) in [6.45, 7) is 1.57. The van der Waals surface area contributed by atoms with E-state index in [0.717, 1.165) is 24.2 Å². The van der Waals surface area contributed by atoms with E-state index in [0.29, 0.717) is 18.0 Å². The molecule has 2 heterocycles. The predicted molar refractivity (Wildman–Crippen MR) is 94.7 cm³/mol. The number of carbonyl (C=O) groups excluding carboxylic acids is 1. The number of ether oxygens (including phenoxy) is 2. The van der Waals surface area contributed by atoms with Gasteiger partial charge >= 0.3 is 6.09 Å². The number of hydrogen-bond acceptors (Lipinski definition) is 6. The molecule has 0 atom stereocenters. The summed E-state index contributed by atoms with van der Waals surface area (Å²) in [6.07, 6.45) is 3.96. The molecule has 25 heavy (non-hydrogen) atoms. The van der Waals surface area contributed by atoms with Crippen molar-refractivity contribution in [3.63, 3.8) is 0 Å². The number of aromatic nitrogens is 1. The van der Waals surface area contributed by atoms with Gasteiger partial charge in [-0.25, -0.2) is 9.80 Å². The van der Waals surface area contributed by atoms with Gasteiger partial charge in [0, 0.05) is 39.6 Å². The average Bonchev–Trinajstić information content (AvgIpc) is 2.61. The zero-order valence-electron chi connectivity index (χ0n) is 14.7. The van der Waals surface area contributed by atoms with Crippen LogP contribution in [0.1, 0.15) is 11.1 Å².